The molecule has 0 aromatic carbocycles. The van der Waals surface area contributed by atoms with E-state index in [0.29, 0.717) is 58.0 Å². The summed E-state index contributed by atoms with van der Waals surface area (Å²) in [5, 5.41) is 32.3. The molecule has 0 saturated heterocycles. The third-order valence-corrected chi connectivity index (χ3v) is 15.1. The highest BCUT2D eigenvalue weighted by molar-refractivity contribution is 5.99. The van der Waals surface area contributed by atoms with Gasteiger partial charge in [-0.05, 0) is 172 Å². The quantitative estimate of drug-likeness (QED) is 0.0358. The van der Waals surface area contributed by atoms with E-state index in [9.17, 15) is 62.3 Å². The van der Waals surface area contributed by atoms with Crippen LogP contribution in [0.15, 0.2) is 0 Å². The van der Waals surface area contributed by atoms with Crippen LogP contribution in [0.3, 0.4) is 0 Å². The molecule has 13 amide bonds. The van der Waals surface area contributed by atoms with Crippen molar-refractivity contribution in [2.24, 2.45) is 58.4 Å². The molecule has 0 saturated carbocycles. The van der Waals surface area contributed by atoms with Crippen molar-refractivity contribution in [3.05, 3.63) is 0 Å². The van der Waals surface area contributed by atoms with Gasteiger partial charge in [0.2, 0.25) is 76.8 Å². The number of amides is 13. The first-order valence-corrected chi connectivity index (χ1v) is 33.9. The SMILES string of the molecule is CC(=O)N[C@@H](CC(C)C)C(=O)N[C@@H](C)C(=O)N[C@@H](CCCCN)C(=O)N[C@@H](CC(C)C)C(=O)N[C@@H](CC(C)C)C(=O)N[C@@H](C)C(=O)N[C@@H](CCCCN)C(=O)N[C@@H](CC(C)C)C(=O)N[C@@H](CC(C)C)C(=O)N[C@@H](C)C(=O)N[C@@H](CCCCN)C(=O)N[C@@H](CC(C)C)C(N)=O. The number of carbonyl (C=O) groups excluding carboxylic acids is 13. The smallest absolute Gasteiger partial charge is 0.243 e. The first-order valence-electron chi connectivity index (χ1n) is 33.9. The normalized spacial score (nSPS) is 15.3. The molecule has 0 bridgehead atoms. The molecule has 0 fully saturated rings. The van der Waals surface area contributed by atoms with Crippen LogP contribution < -0.4 is 86.7 Å². The lowest BCUT2D eigenvalue weighted by Gasteiger charge is -2.29. The maximum Gasteiger partial charge on any atom is 0.243 e. The Morgan fingerprint density at radius 3 is 0.628 bits per heavy atom. The van der Waals surface area contributed by atoms with Crippen molar-refractivity contribution >= 4 is 76.8 Å². The molecular formula is C65H122N16O13. The van der Waals surface area contributed by atoms with Crippen molar-refractivity contribution in [3.8, 4) is 0 Å². The molecule has 12 atom stereocenters. The summed E-state index contributed by atoms with van der Waals surface area (Å²) in [7, 11) is 0. The molecule has 29 heteroatoms. The number of nitrogens with two attached hydrogens (primary N) is 4. The van der Waals surface area contributed by atoms with Crippen molar-refractivity contribution in [1.82, 2.24) is 63.8 Å². The Kier molecular flexibility index (Phi) is 42.7. The standard InChI is InChI=1S/C65H122N16O13/c1-35(2)29-48(54(69)83)77-58(87)45(23-17-20-26-66)74-56(85)42(14)71-62(91)50(31-37(5)6)80-65(94)53(34-40(11)12)79-60(89)47(25-19-22-28-68)76-57(86)43(15)72-63(92)51(32-38(7)8)81-64(93)52(33-39(9)10)78-59(88)46(24-18-21-27-67)75-55(84)41(13)70-61(90)49(30-36(3)4)73-44(16)82/h35-43,45-53H,17-34,66-68H2,1-16H3,(H2,69,83)(H,70,90)(H,71,91)(H,72,92)(H,73,82)(H,74,85)(H,75,84)(H,76,86)(H,77,87)(H,78,88)(H,79,89)(H,80,94)(H,81,93)/t41-,42-,43-,45-,46-,47-,48-,49-,50-,51-,52-,53-/m0/s1. The lowest BCUT2D eigenvalue weighted by atomic mass is 9.99. The number of primary amides is 1. The van der Waals surface area contributed by atoms with E-state index in [1.165, 1.54) is 27.7 Å². The maximum atomic E-state index is 14.3. The lowest BCUT2D eigenvalue weighted by molar-refractivity contribution is -0.136. The third kappa shape index (κ3) is 36.6. The highest BCUT2D eigenvalue weighted by Crippen LogP contribution is 2.15. The van der Waals surface area contributed by atoms with Crippen molar-refractivity contribution in [2.45, 2.75) is 280 Å². The third-order valence-electron chi connectivity index (χ3n) is 15.1. The van der Waals surface area contributed by atoms with Gasteiger partial charge in [0.05, 0.1) is 0 Å². The minimum atomic E-state index is -1.29. The average molecular weight is 1340 g/mol. The lowest BCUT2D eigenvalue weighted by Crippen LogP contribution is -2.60. The Morgan fingerprint density at radius 2 is 0.426 bits per heavy atom. The van der Waals surface area contributed by atoms with Crippen LogP contribution in [0.1, 0.15) is 207 Å². The van der Waals surface area contributed by atoms with Crippen molar-refractivity contribution < 1.29 is 62.3 Å². The van der Waals surface area contributed by atoms with Gasteiger partial charge in [-0.25, -0.2) is 0 Å². The number of unbranched alkanes of at least 4 members (excludes halogenated alkanes) is 3. The number of carbonyl (C=O) groups is 13. The molecule has 0 heterocycles. The van der Waals surface area contributed by atoms with E-state index >= 15 is 0 Å². The molecule has 0 rings (SSSR count). The topological polar surface area (TPSA) is 470 Å². The molecule has 0 aliphatic carbocycles. The number of hydrogen-bond acceptors (Lipinski definition) is 16. The summed E-state index contributed by atoms with van der Waals surface area (Å²) in [6.07, 6.45) is 4.20. The van der Waals surface area contributed by atoms with Crippen molar-refractivity contribution in [3.63, 3.8) is 0 Å². The Labute approximate surface area is 558 Å². The van der Waals surface area contributed by atoms with E-state index in [2.05, 4.69) is 63.8 Å². The van der Waals surface area contributed by atoms with Gasteiger partial charge < -0.3 is 86.7 Å². The van der Waals surface area contributed by atoms with Gasteiger partial charge in [0, 0.05) is 6.92 Å². The minimum Gasteiger partial charge on any atom is -0.368 e. The fraction of sp³-hybridized carbons (Fsp3) is 0.800. The molecule has 29 nitrogen and oxygen atoms in total. The van der Waals surface area contributed by atoms with Gasteiger partial charge in [0.1, 0.15) is 72.5 Å². The van der Waals surface area contributed by atoms with Crippen molar-refractivity contribution in [1.29, 1.82) is 0 Å². The van der Waals surface area contributed by atoms with Gasteiger partial charge >= 0.3 is 0 Å². The second kappa shape index (κ2) is 46.2. The predicted octanol–water partition coefficient (Wildman–Crippen LogP) is 0.0325. The first kappa shape index (κ1) is 87.0. The molecule has 0 radical (unpaired) electrons. The van der Waals surface area contributed by atoms with Crippen LogP contribution in [0.4, 0.5) is 0 Å². The van der Waals surface area contributed by atoms with Gasteiger partial charge in [-0.3, -0.25) is 62.3 Å². The van der Waals surface area contributed by atoms with Crippen LogP contribution in [0.5, 0.6) is 0 Å². The molecule has 0 aromatic rings. The summed E-state index contributed by atoms with van der Waals surface area (Å²) in [5.74, 6) is -9.49. The minimum absolute atomic E-state index is 0.0187. The summed E-state index contributed by atoms with van der Waals surface area (Å²) in [6, 6.07) is -13.9. The molecule has 540 valence electrons. The zero-order valence-electron chi connectivity index (χ0n) is 59.2. The molecule has 0 aromatic heterocycles. The summed E-state index contributed by atoms with van der Waals surface area (Å²) >= 11 is 0. The molecule has 0 unspecified atom stereocenters. The zero-order chi connectivity index (χ0) is 72.1. The van der Waals surface area contributed by atoms with Crippen molar-refractivity contribution in [2.75, 3.05) is 19.6 Å². The van der Waals surface area contributed by atoms with E-state index in [-0.39, 0.29) is 93.4 Å². The van der Waals surface area contributed by atoms with Crippen LogP contribution in [0, 0.1) is 35.5 Å². The Hall–Kier alpha value is -7.01. The monoisotopic (exact) mass is 1330 g/mol. The van der Waals surface area contributed by atoms with Gasteiger partial charge in [0.25, 0.3) is 0 Å². The van der Waals surface area contributed by atoms with Crippen LogP contribution >= 0.6 is 0 Å². The largest absolute Gasteiger partial charge is 0.368 e. The summed E-state index contributed by atoms with van der Waals surface area (Å²) < 4.78 is 0. The summed E-state index contributed by atoms with van der Waals surface area (Å²) in [4.78, 5) is 177. The molecule has 0 spiro atoms. The van der Waals surface area contributed by atoms with Crippen LogP contribution in [0.25, 0.3) is 0 Å². The molecule has 0 aliphatic rings. The second-order valence-electron chi connectivity index (χ2n) is 27.5. The van der Waals surface area contributed by atoms with E-state index in [1.54, 1.807) is 0 Å². The van der Waals surface area contributed by atoms with Gasteiger partial charge in [0.15, 0.2) is 0 Å². The summed E-state index contributed by atoms with van der Waals surface area (Å²) in [6.45, 7) is 28.5. The van der Waals surface area contributed by atoms with Crippen LogP contribution in [0.2, 0.25) is 0 Å². The Balaban J connectivity index is 6.61. The van der Waals surface area contributed by atoms with E-state index in [0.717, 1.165) is 0 Å². The fourth-order valence-corrected chi connectivity index (χ4v) is 10.2. The van der Waals surface area contributed by atoms with E-state index in [1.807, 2.05) is 83.1 Å². The van der Waals surface area contributed by atoms with Gasteiger partial charge in [-0.1, -0.05) is 83.1 Å². The number of rotatable bonds is 48. The average Bonchev–Trinajstić information content (AvgIpc) is 0.890. The highest BCUT2D eigenvalue weighted by atomic mass is 16.2. The zero-order valence-corrected chi connectivity index (χ0v) is 59.2. The second-order valence-corrected chi connectivity index (χ2v) is 27.5. The summed E-state index contributed by atoms with van der Waals surface area (Å²) in [5.41, 5.74) is 22.8. The molecular weight excluding hydrogens is 1210 g/mol. The van der Waals surface area contributed by atoms with E-state index in [4.69, 9.17) is 22.9 Å². The van der Waals surface area contributed by atoms with E-state index < -0.39 is 149 Å². The molecule has 20 N–H and O–H groups in total. The number of nitrogens with one attached hydrogen (secondary N) is 12. The fourth-order valence-electron chi connectivity index (χ4n) is 10.2. The predicted molar refractivity (Wildman–Crippen MR) is 361 cm³/mol. The van der Waals surface area contributed by atoms with Crippen LogP contribution in [-0.2, 0) is 62.3 Å². The number of hydrogen-bond donors (Lipinski definition) is 16. The highest BCUT2D eigenvalue weighted by Gasteiger charge is 2.36. The molecule has 94 heavy (non-hydrogen) atoms. The maximum absolute atomic E-state index is 14.3. The van der Waals surface area contributed by atoms with Gasteiger partial charge in [-0.2, -0.15) is 0 Å². The first-order chi connectivity index (χ1) is 43.9. The van der Waals surface area contributed by atoms with Gasteiger partial charge in [-0.15, -0.1) is 0 Å². The Bertz CT molecular complexity index is 2430. The molecule has 0 aliphatic heterocycles. The Morgan fingerprint density at radius 1 is 0.245 bits per heavy atom. The van der Waals surface area contributed by atoms with Crippen LogP contribution in [-0.4, -0.2) is 169 Å².